The zero-order valence-corrected chi connectivity index (χ0v) is 22.4. The van der Waals surface area contributed by atoms with Crippen molar-refractivity contribution in [2.24, 2.45) is 0 Å². The third-order valence-electron chi connectivity index (χ3n) is 8.03. The fourth-order valence-corrected chi connectivity index (χ4v) is 6.07. The lowest BCUT2D eigenvalue weighted by molar-refractivity contribution is 0.670. The zero-order valence-electron chi connectivity index (χ0n) is 22.4. The molecule has 0 bridgehead atoms. The van der Waals surface area contributed by atoms with Crippen LogP contribution in [0.2, 0.25) is 0 Å². The lowest BCUT2D eigenvalue weighted by Gasteiger charge is -2.11. The van der Waals surface area contributed by atoms with Gasteiger partial charge >= 0.3 is 0 Å². The smallest absolute Gasteiger partial charge is 0.238 e. The molecular weight excluding hydrogens is 516 g/mol. The molecule has 0 atom stereocenters. The second-order valence-corrected chi connectivity index (χ2v) is 10.5. The van der Waals surface area contributed by atoms with E-state index in [9.17, 15) is 0 Å². The first-order chi connectivity index (χ1) is 20.8. The van der Waals surface area contributed by atoms with Crippen molar-refractivity contribution in [2.75, 3.05) is 0 Å². The van der Waals surface area contributed by atoms with E-state index in [1.54, 1.807) is 0 Å². The minimum Gasteiger partial charge on any atom is -0.454 e. The van der Waals surface area contributed by atoms with Gasteiger partial charge in [-0.3, -0.25) is 4.57 Å². The molecule has 0 aliphatic rings. The van der Waals surface area contributed by atoms with E-state index in [2.05, 4.69) is 59.2 Å². The second kappa shape index (κ2) is 8.85. The van der Waals surface area contributed by atoms with Crippen LogP contribution in [0.15, 0.2) is 138 Å². The summed E-state index contributed by atoms with van der Waals surface area (Å²) in [6.45, 7) is 0. The highest BCUT2D eigenvalue weighted by atomic mass is 16.3. The summed E-state index contributed by atoms with van der Waals surface area (Å²) in [7, 11) is 0. The minimum absolute atomic E-state index is 0.547. The highest BCUT2D eigenvalue weighted by Gasteiger charge is 2.22. The molecule has 3 heterocycles. The Labute approximate surface area is 240 Å². The van der Waals surface area contributed by atoms with Gasteiger partial charge in [0.05, 0.1) is 5.52 Å². The van der Waals surface area contributed by atoms with E-state index in [0.717, 1.165) is 60.3 Å². The number of rotatable bonds is 3. The standard InChI is InChI=1S/C37H22N4O/c1-3-11-23(12-4-1)35-38-36(24-13-5-2-6-14-24)40-37(39-35)41-31-22-26-16-8-7-15-25(26)21-30(31)28-19-20-29-27-17-9-10-18-32(27)42-34(29)33(28)41/h1-22H. The molecule has 42 heavy (non-hydrogen) atoms. The summed E-state index contributed by atoms with van der Waals surface area (Å²) in [6, 6.07) is 45.6. The van der Waals surface area contributed by atoms with Crippen molar-refractivity contribution >= 4 is 54.5 Å². The summed E-state index contributed by atoms with van der Waals surface area (Å²) in [5, 5.41) is 6.68. The highest BCUT2D eigenvalue weighted by Crippen LogP contribution is 2.41. The Balaban J connectivity index is 1.47. The van der Waals surface area contributed by atoms with Gasteiger partial charge in [0, 0.05) is 32.7 Å². The van der Waals surface area contributed by atoms with Crippen molar-refractivity contribution in [3.05, 3.63) is 133 Å². The van der Waals surface area contributed by atoms with Gasteiger partial charge in [-0.1, -0.05) is 109 Å². The maximum atomic E-state index is 6.59. The molecule has 6 aromatic carbocycles. The third-order valence-corrected chi connectivity index (χ3v) is 8.03. The van der Waals surface area contributed by atoms with E-state index in [1.165, 1.54) is 5.39 Å². The first kappa shape index (κ1) is 22.9. The number of furan rings is 1. The second-order valence-electron chi connectivity index (χ2n) is 10.5. The van der Waals surface area contributed by atoms with Crippen LogP contribution in [-0.2, 0) is 0 Å². The van der Waals surface area contributed by atoms with Crippen LogP contribution < -0.4 is 0 Å². The summed E-state index contributed by atoms with van der Waals surface area (Å²) < 4.78 is 8.75. The lowest BCUT2D eigenvalue weighted by atomic mass is 10.1. The van der Waals surface area contributed by atoms with Gasteiger partial charge < -0.3 is 4.42 Å². The van der Waals surface area contributed by atoms with Crippen LogP contribution in [0.25, 0.3) is 83.2 Å². The number of nitrogens with zero attached hydrogens (tertiary/aromatic N) is 4. The number of hydrogen-bond donors (Lipinski definition) is 0. The summed E-state index contributed by atoms with van der Waals surface area (Å²) in [5.74, 6) is 1.78. The molecular formula is C37H22N4O. The van der Waals surface area contributed by atoms with E-state index in [1.807, 2.05) is 78.9 Å². The first-order valence-electron chi connectivity index (χ1n) is 14.0. The molecule has 0 radical (unpaired) electrons. The van der Waals surface area contributed by atoms with Crippen molar-refractivity contribution in [3.63, 3.8) is 0 Å². The molecule has 0 saturated carbocycles. The molecule has 0 aliphatic heterocycles. The maximum Gasteiger partial charge on any atom is 0.238 e. The van der Waals surface area contributed by atoms with E-state index < -0.39 is 0 Å². The molecule has 0 aliphatic carbocycles. The number of benzene rings is 6. The normalized spacial score (nSPS) is 11.8. The zero-order chi connectivity index (χ0) is 27.6. The molecule has 0 fully saturated rings. The van der Waals surface area contributed by atoms with Gasteiger partial charge in [-0.25, -0.2) is 4.98 Å². The van der Waals surface area contributed by atoms with Gasteiger partial charge in [0.1, 0.15) is 11.1 Å². The largest absolute Gasteiger partial charge is 0.454 e. The topological polar surface area (TPSA) is 56.7 Å². The SMILES string of the molecule is c1ccc(-c2nc(-c3ccccc3)nc(-n3c4cc5ccccc5cc4c4ccc5c6ccccc6oc5c43)n2)cc1. The Bertz CT molecular complexity index is 2390. The van der Waals surface area contributed by atoms with Crippen molar-refractivity contribution in [1.82, 2.24) is 19.5 Å². The molecule has 9 rings (SSSR count). The predicted molar refractivity (Wildman–Crippen MR) is 170 cm³/mol. The fourth-order valence-electron chi connectivity index (χ4n) is 6.07. The van der Waals surface area contributed by atoms with Gasteiger partial charge in [-0.15, -0.1) is 0 Å². The lowest BCUT2D eigenvalue weighted by Crippen LogP contribution is -2.06. The highest BCUT2D eigenvalue weighted by molar-refractivity contribution is 6.22. The van der Waals surface area contributed by atoms with Crippen molar-refractivity contribution in [1.29, 1.82) is 0 Å². The van der Waals surface area contributed by atoms with Crippen LogP contribution in [0.5, 0.6) is 0 Å². The molecule has 5 heteroatoms. The van der Waals surface area contributed by atoms with Crippen LogP contribution in [0.4, 0.5) is 0 Å². The number of para-hydroxylation sites is 1. The Morgan fingerprint density at radius 3 is 1.79 bits per heavy atom. The van der Waals surface area contributed by atoms with Gasteiger partial charge in [0.2, 0.25) is 5.95 Å². The maximum absolute atomic E-state index is 6.59. The predicted octanol–water partition coefficient (Wildman–Crippen LogP) is 9.36. The van der Waals surface area contributed by atoms with Crippen LogP contribution in [0.1, 0.15) is 0 Å². The molecule has 0 spiro atoms. The number of hydrogen-bond acceptors (Lipinski definition) is 4. The van der Waals surface area contributed by atoms with Crippen LogP contribution in [-0.4, -0.2) is 19.5 Å². The third kappa shape index (κ3) is 3.40. The summed E-state index contributed by atoms with van der Waals surface area (Å²) in [6.07, 6.45) is 0. The van der Waals surface area contributed by atoms with Crippen LogP contribution in [0.3, 0.4) is 0 Å². The minimum atomic E-state index is 0.547. The Morgan fingerprint density at radius 2 is 1.07 bits per heavy atom. The molecule has 9 aromatic rings. The molecule has 0 unspecified atom stereocenters. The van der Waals surface area contributed by atoms with Gasteiger partial charge in [0.25, 0.3) is 0 Å². The van der Waals surface area contributed by atoms with Crippen molar-refractivity contribution in [2.45, 2.75) is 0 Å². The summed E-state index contributed by atoms with van der Waals surface area (Å²) >= 11 is 0. The average Bonchev–Trinajstić information content (AvgIpc) is 3.60. The summed E-state index contributed by atoms with van der Waals surface area (Å²) in [4.78, 5) is 15.2. The molecule has 0 N–H and O–H groups in total. The molecule has 0 amide bonds. The Kier molecular flexibility index (Phi) is 4.83. The fraction of sp³-hybridized carbons (Fsp3) is 0. The van der Waals surface area contributed by atoms with Crippen molar-refractivity contribution < 1.29 is 4.42 Å². The molecule has 5 nitrogen and oxygen atoms in total. The molecule has 0 saturated heterocycles. The molecule has 196 valence electrons. The Morgan fingerprint density at radius 1 is 0.476 bits per heavy atom. The average molecular weight is 539 g/mol. The van der Waals surface area contributed by atoms with Gasteiger partial charge in [-0.2, -0.15) is 9.97 Å². The van der Waals surface area contributed by atoms with E-state index in [0.29, 0.717) is 17.6 Å². The molecule has 3 aromatic heterocycles. The summed E-state index contributed by atoms with van der Waals surface area (Å²) in [5.41, 5.74) is 5.49. The van der Waals surface area contributed by atoms with E-state index in [4.69, 9.17) is 19.4 Å². The monoisotopic (exact) mass is 538 g/mol. The number of fused-ring (bicyclic) bond motifs is 8. The van der Waals surface area contributed by atoms with Crippen molar-refractivity contribution in [3.8, 4) is 28.7 Å². The van der Waals surface area contributed by atoms with E-state index >= 15 is 0 Å². The van der Waals surface area contributed by atoms with Crippen LogP contribution in [0, 0.1) is 0 Å². The van der Waals surface area contributed by atoms with Crippen LogP contribution >= 0.6 is 0 Å². The van der Waals surface area contributed by atoms with Gasteiger partial charge in [-0.05, 0) is 35.0 Å². The quantitative estimate of drug-likeness (QED) is 0.225. The Hall–Kier alpha value is -5.81. The van der Waals surface area contributed by atoms with E-state index in [-0.39, 0.29) is 0 Å². The first-order valence-corrected chi connectivity index (χ1v) is 14.0. The number of aromatic nitrogens is 4. The van der Waals surface area contributed by atoms with Gasteiger partial charge in [0.15, 0.2) is 17.2 Å².